The van der Waals surface area contributed by atoms with Crippen molar-refractivity contribution in [2.45, 2.75) is 38.8 Å². The van der Waals surface area contributed by atoms with E-state index in [4.69, 9.17) is 4.43 Å². The summed E-state index contributed by atoms with van der Waals surface area (Å²) in [5.41, 5.74) is 4.06. The normalized spacial score (nSPS) is 19.0. The van der Waals surface area contributed by atoms with Crippen LogP contribution in [-0.4, -0.2) is 15.4 Å². The third-order valence-electron chi connectivity index (χ3n) is 2.32. The fraction of sp³-hybridized carbons (Fsp3) is 0.778. The summed E-state index contributed by atoms with van der Waals surface area (Å²) in [5.74, 6) is 0. The van der Waals surface area contributed by atoms with Crippen LogP contribution in [0, 0.1) is 0 Å². The van der Waals surface area contributed by atoms with Crippen LogP contribution < -0.4 is 0 Å². The van der Waals surface area contributed by atoms with Gasteiger partial charge in [-0.25, -0.2) is 0 Å². The van der Waals surface area contributed by atoms with Crippen molar-refractivity contribution in [1.82, 2.24) is 0 Å². The smallest absolute Gasteiger partial charge is 0.210 e. The van der Waals surface area contributed by atoms with E-state index >= 15 is 0 Å². The minimum absolute atomic E-state index is 1.32. The fourth-order valence-corrected chi connectivity index (χ4v) is 2.91. The second kappa shape index (κ2) is 3.54. The van der Waals surface area contributed by atoms with Gasteiger partial charge in [0.2, 0.25) is 8.32 Å². The standard InChI is InChI=1S/C9H18OSi/c1-10-11(2,3)8-9-6-4-5-7-9/h8H,4-7H2,1-3H3. The number of hydrogen-bond acceptors (Lipinski definition) is 1. The van der Waals surface area contributed by atoms with Crippen molar-refractivity contribution in [2.24, 2.45) is 0 Å². The average Bonchev–Trinajstić information content (AvgIpc) is 2.39. The van der Waals surface area contributed by atoms with Crippen molar-refractivity contribution >= 4 is 8.32 Å². The molecule has 1 aliphatic rings. The van der Waals surface area contributed by atoms with Crippen LogP contribution in [0.3, 0.4) is 0 Å². The van der Waals surface area contributed by atoms with Gasteiger partial charge in [0.15, 0.2) is 0 Å². The molecule has 11 heavy (non-hydrogen) atoms. The van der Waals surface area contributed by atoms with E-state index < -0.39 is 8.32 Å². The first-order valence-corrected chi connectivity index (χ1v) is 7.38. The molecule has 2 heteroatoms. The van der Waals surface area contributed by atoms with Crippen LogP contribution in [0.15, 0.2) is 11.3 Å². The van der Waals surface area contributed by atoms with Crippen LogP contribution in [0.1, 0.15) is 25.7 Å². The Labute approximate surface area is 70.6 Å². The zero-order chi connectivity index (χ0) is 8.32. The van der Waals surface area contributed by atoms with Gasteiger partial charge in [-0.05, 0) is 38.8 Å². The monoisotopic (exact) mass is 170 g/mol. The summed E-state index contributed by atoms with van der Waals surface area (Å²) >= 11 is 0. The summed E-state index contributed by atoms with van der Waals surface area (Å²) < 4.78 is 5.46. The Morgan fingerprint density at radius 2 is 1.82 bits per heavy atom. The molecule has 0 aromatic carbocycles. The molecule has 0 heterocycles. The van der Waals surface area contributed by atoms with E-state index in [1.54, 1.807) is 5.57 Å². The maximum absolute atomic E-state index is 5.46. The Balaban J connectivity index is 2.55. The largest absolute Gasteiger partial charge is 0.417 e. The Hall–Kier alpha value is -0.0831. The summed E-state index contributed by atoms with van der Waals surface area (Å²) in [5, 5.41) is 0. The van der Waals surface area contributed by atoms with Crippen molar-refractivity contribution in [3.63, 3.8) is 0 Å². The van der Waals surface area contributed by atoms with Gasteiger partial charge in [-0.1, -0.05) is 11.3 Å². The van der Waals surface area contributed by atoms with Crippen LogP contribution in [0.4, 0.5) is 0 Å². The SMILES string of the molecule is CO[Si](C)(C)C=C1CCCC1. The highest BCUT2D eigenvalue weighted by Gasteiger charge is 2.19. The topological polar surface area (TPSA) is 9.23 Å². The van der Waals surface area contributed by atoms with E-state index in [9.17, 15) is 0 Å². The molecule has 1 aliphatic carbocycles. The lowest BCUT2D eigenvalue weighted by Crippen LogP contribution is -2.26. The van der Waals surface area contributed by atoms with Crippen LogP contribution in [0.2, 0.25) is 13.1 Å². The van der Waals surface area contributed by atoms with Crippen molar-refractivity contribution < 1.29 is 4.43 Å². The molecule has 0 N–H and O–H groups in total. The molecule has 0 amide bonds. The highest BCUT2D eigenvalue weighted by Crippen LogP contribution is 2.25. The summed E-state index contributed by atoms with van der Waals surface area (Å²) in [6.07, 6.45) is 5.42. The molecule has 1 saturated carbocycles. The van der Waals surface area contributed by atoms with E-state index in [0.29, 0.717) is 0 Å². The number of allylic oxidation sites excluding steroid dienone is 1. The molecule has 1 fully saturated rings. The summed E-state index contributed by atoms with van der Waals surface area (Å²) in [4.78, 5) is 0. The molecule has 64 valence electrons. The Kier molecular flexibility index (Phi) is 2.90. The van der Waals surface area contributed by atoms with E-state index in [0.717, 1.165) is 0 Å². The molecule has 0 aliphatic heterocycles. The van der Waals surface area contributed by atoms with Gasteiger partial charge in [0.1, 0.15) is 0 Å². The van der Waals surface area contributed by atoms with E-state index in [2.05, 4.69) is 18.8 Å². The highest BCUT2D eigenvalue weighted by molar-refractivity contribution is 6.76. The second-order valence-corrected chi connectivity index (χ2v) is 7.72. The fourth-order valence-electron chi connectivity index (χ4n) is 1.52. The first-order chi connectivity index (χ1) is 5.14. The second-order valence-electron chi connectivity index (χ2n) is 3.82. The summed E-state index contributed by atoms with van der Waals surface area (Å²) in [6, 6.07) is 0. The molecule has 0 atom stereocenters. The molecular formula is C9H18OSi. The summed E-state index contributed by atoms with van der Waals surface area (Å²) in [6.45, 7) is 4.50. The molecule has 0 aromatic rings. The number of hydrogen-bond donors (Lipinski definition) is 0. The minimum Gasteiger partial charge on any atom is -0.417 e. The quantitative estimate of drug-likeness (QED) is 0.579. The third-order valence-corrected chi connectivity index (χ3v) is 4.48. The lowest BCUT2D eigenvalue weighted by Gasteiger charge is -2.15. The van der Waals surface area contributed by atoms with Gasteiger partial charge >= 0.3 is 0 Å². The predicted molar refractivity (Wildman–Crippen MR) is 51.0 cm³/mol. The Bertz CT molecular complexity index is 153. The Morgan fingerprint density at radius 3 is 2.27 bits per heavy atom. The first-order valence-electron chi connectivity index (χ1n) is 4.40. The van der Waals surface area contributed by atoms with Crippen molar-refractivity contribution in [2.75, 3.05) is 7.11 Å². The van der Waals surface area contributed by atoms with Gasteiger partial charge in [-0.2, -0.15) is 0 Å². The lowest BCUT2D eigenvalue weighted by atomic mass is 10.3. The van der Waals surface area contributed by atoms with Gasteiger partial charge in [-0.3, -0.25) is 0 Å². The van der Waals surface area contributed by atoms with Crippen LogP contribution in [-0.2, 0) is 4.43 Å². The molecule has 1 nitrogen and oxygen atoms in total. The molecule has 0 bridgehead atoms. The molecular weight excluding hydrogens is 152 g/mol. The predicted octanol–water partition coefficient (Wildman–Crippen LogP) is 2.88. The van der Waals surface area contributed by atoms with Gasteiger partial charge in [0, 0.05) is 7.11 Å². The number of rotatable bonds is 2. The molecule has 0 unspecified atom stereocenters. The van der Waals surface area contributed by atoms with Gasteiger partial charge in [0.05, 0.1) is 0 Å². The molecule has 0 aromatic heterocycles. The lowest BCUT2D eigenvalue weighted by molar-refractivity contribution is 0.415. The van der Waals surface area contributed by atoms with Crippen LogP contribution in [0.5, 0.6) is 0 Å². The minimum atomic E-state index is -1.40. The Morgan fingerprint density at radius 1 is 1.27 bits per heavy atom. The van der Waals surface area contributed by atoms with E-state index in [-0.39, 0.29) is 0 Å². The van der Waals surface area contributed by atoms with E-state index in [1.807, 2.05) is 7.11 Å². The van der Waals surface area contributed by atoms with Crippen molar-refractivity contribution in [3.05, 3.63) is 11.3 Å². The van der Waals surface area contributed by atoms with Crippen LogP contribution in [0.25, 0.3) is 0 Å². The zero-order valence-corrected chi connectivity index (χ0v) is 8.81. The molecule has 1 rings (SSSR count). The van der Waals surface area contributed by atoms with Gasteiger partial charge < -0.3 is 4.43 Å². The molecule has 0 radical (unpaired) electrons. The molecule has 0 saturated heterocycles. The van der Waals surface area contributed by atoms with Crippen molar-refractivity contribution in [1.29, 1.82) is 0 Å². The third kappa shape index (κ3) is 2.79. The van der Waals surface area contributed by atoms with Crippen LogP contribution >= 0.6 is 0 Å². The highest BCUT2D eigenvalue weighted by atomic mass is 28.4. The first kappa shape index (κ1) is 9.01. The zero-order valence-electron chi connectivity index (χ0n) is 7.81. The van der Waals surface area contributed by atoms with E-state index in [1.165, 1.54) is 25.7 Å². The summed E-state index contributed by atoms with van der Waals surface area (Å²) in [7, 11) is 0.427. The maximum atomic E-state index is 5.46. The van der Waals surface area contributed by atoms with Gasteiger partial charge in [-0.15, -0.1) is 0 Å². The van der Waals surface area contributed by atoms with Gasteiger partial charge in [0.25, 0.3) is 0 Å². The van der Waals surface area contributed by atoms with Crippen molar-refractivity contribution in [3.8, 4) is 0 Å². The molecule has 0 spiro atoms. The maximum Gasteiger partial charge on any atom is 0.210 e. The average molecular weight is 170 g/mol.